The molecule has 1 fully saturated rings. The molecule has 1 aliphatic rings. The minimum atomic E-state index is -0.0454. The topological polar surface area (TPSA) is 61.4 Å². The highest BCUT2D eigenvalue weighted by Crippen LogP contribution is 2.19. The van der Waals surface area contributed by atoms with Crippen LogP contribution in [-0.4, -0.2) is 29.9 Å². The molecule has 1 aliphatic heterocycles. The Kier molecular flexibility index (Phi) is 5.20. The third-order valence-corrected chi connectivity index (χ3v) is 3.55. The monoisotopic (exact) mass is 289 g/mol. The summed E-state index contributed by atoms with van der Waals surface area (Å²) in [6.07, 6.45) is 1.40. The second kappa shape index (κ2) is 7.11. The molecule has 5 heteroatoms. The molecule has 0 saturated carbocycles. The minimum absolute atomic E-state index is 0.0297. The van der Waals surface area contributed by atoms with E-state index in [9.17, 15) is 9.59 Å². The summed E-state index contributed by atoms with van der Waals surface area (Å²) in [5, 5.41) is 5.74. The zero-order valence-corrected chi connectivity index (χ0v) is 12.7. The summed E-state index contributed by atoms with van der Waals surface area (Å²) >= 11 is 0. The second-order valence-electron chi connectivity index (χ2n) is 5.79. The molecule has 21 heavy (non-hydrogen) atoms. The van der Waals surface area contributed by atoms with Crippen LogP contribution in [0.4, 0.5) is 10.5 Å². The van der Waals surface area contributed by atoms with Gasteiger partial charge >= 0.3 is 6.03 Å². The van der Waals surface area contributed by atoms with Crippen LogP contribution in [0.25, 0.3) is 0 Å². The summed E-state index contributed by atoms with van der Waals surface area (Å²) in [6, 6.07) is 7.61. The Morgan fingerprint density at radius 2 is 2.14 bits per heavy atom. The number of hydrogen-bond donors (Lipinski definition) is 2. The predicted molar refractivity (Wildman–Crippen MR) is 83.0 cm³/mol. The van der Waals surface area contributed by atoms with Gasteiger partial charge in [-0.15, -0.1) is 0 Å². The first-order valence-corrected chi connectivity index (χ1v) is 7.47. The van der Waals surface area contributed by atoms with Crippen LogP contribution >= 0.6 is 0 Å². The van der Waals surface area contributed by atoms with Crippen LogP contribution in [0.3, 0.4) is 0 Å². The first-order valence-electron chi connectivity index (χ1n) is 7.47. The Hall–Kier alpha value is -2.04. The summed E-state index contributed by atoms with van der Waals surface area (Å²) < 4.78 is 0. The van der Waals surface area contributed by atoms with Crippen molar-refractivity contribution in [3.8, 4) is 0 Å². The van der Waals surface area contributed by atoms with Gasteiger partial charge in [-0.1, -0.05) is 32.0 Å². The van der Waals surface area contributed by atoms with Gasteiger partial charge in [0.15, 0.2) is 0 Å². The number of para-hydroxylation sites is 1. The Balaban J connectivity index is 1.99. The fourth-order valence-corrected chi connectivity index (χ4v) is 2.28. The van der Waals surface area contributed by atoms with Gasteiger partial charge in [0.2, 0.25) is 5.91 Å². The van der Waals surface area contributed by atoms with Gasteiger partial charge in [-0.25, -0.2) is 4.79 Å². The van der Waals surface area contributed by atoms with Crippen molar-refractivity contribution in [2.45, 2.75) is 33.2 Å². The van der Waals surface area contributed by atoms with Gasteiger partial charge in [-0.2, -0.15) is 0 Å². The van der Waals surface area contributed by atoms with Gasteiger partial charge in [0.25, 0.3) is 0 Å². The molecule has 0 bridgehead atoms. The van der Waals surface area contributed by atoms with E-state index in [-0.39, 0.29) is 11.9 Å². The number of nitrogens with one attached hydrogen (secondary N) is 2. The van der Waals surface area contributed by atoms with E-state index >= 15 is 0 Å². The van der Waals surface area contributed by atoms with Crippen molar-refractivity contribution in [1.29, 1.82) is 0 Å². The average molecular weight is 289 g/mol. The molecule has 5 nitrogen and oxygen atoms in total. The molecule has 1 saturated heterocycles. The molecule has 0 radical (unpaired) electrons. The van der Waals surface area contributed by atoms with E-state index in [1.54, 1.807) is 4.90 Å². The maximum atomic E-state index is 12.0. The molecule has 0 spiro atoms. The fourth-order valence-electron chi connectivity index (χ4n) is 2.28. The first kappa shape index (κ1) is 15.4. The Morgan fingerprint density at radius 1 is 1.38 bits per heavy atom. The van der Waals surface area contributed by atoms with Gasteiger partial charge in [-0.3, -0.25) is 4.79 Å². The molecule has 1 heterocycles. The number of rotatable bonds is 6. The van der Waals surface area contributed by atoms with Crippen molar-refractivity contribution in [3.63, 3.8) is 0 Å². The van der Waals surface area contributed by atoms with Gasteiger partial charge < -0.3 is 15.5 Å². The summed E-state index contributed by atoms with van der Waals surface area (Å²) in [4.78, 5) is 25.3. The number of amides is 3. The average Bonchev–Trinajstić information content (AvgIpc) is 2.84. The van der Waals surface area contributed by atoms with Crippen molar-refractivity contribution in [1.82, 2.24) is 10.2 Å². The molecule has 2 rings (SSSR count). The van der Waals surface area contributed by atoms with E-state index in [1.165, 1.54) is 0 Å². The molecular weight excluding hydrogens is 266 g/mol. The molecular formula is C16H23N3O2. The maximum Gasteiger partial charge on any atom is 0.317 e. The highest BCUT2D eigenvalue weighted by molar-refractivity contribution is 5.91. The smallest absolute Gasteiger partial charge is 0.317 e. The highest BCUT2D eigenvalue weighted by atomic mass is 16.2. The standard InChI is InChI=1S/C16H23N3O2/c1-12(2)7-8-15(20)18-14-6-4-3-5-13(14)11-19-10-9-17-16(19)21/h3-6,12H,7-11H2,1-2H3,(H,17,21)(H,18,20). The van der Waals surface area contributed by atoms with Crippen LogP contribution in [0.2, 0.25) is 0 Å². The summed E-state index contributed by atoms with van der Waals surface area (Å²) in [5.41, 5.74) is 1.76. The number of urea groups is 1. The molecule has 0 atom stereocenters. The number of benzene rings is 1. The minimum Gasteiger partial charge on any atom is -0.336 e. The number of carbonyl (C=O) groups is 2. The Bertz CT molecular complexity index is 514. The second-order valence-corrected chi connectivity index (χ2v) is 5.79. The van der Waals surface area contributed by atoms with E-state index < -0.39 is 0 Å². The van der Waals surface area contributed by atoms with Crippen molar-refractivity contribution < 1.29 is 9.59 Å². The van der Waals surface area contributed by atoms with E-state index in [4.69, 9.17) is 0 Å². The predicted octanol–water partition coefficient (Wildman–Crippen LogP) is 2.59. The van der Waals surface area contributed by atoms with Crippen molar-refractivity contribution in [3.05, 3.63) is 29.8 Å². The quantitative estimate of drug-likeness (QED) is 0.845. The van der Waals surface area contributed by atoms with Gasteiger partial charge in [0.05, 0.1) is 0 Å². The molecule has 114 valence electrons. The zero-order valence-electron chi connectivity index (χ0n) is 12.7. The maximum absolute atomic E-state index is 12.0. The van der Waals surface area contributed by atoms with E-state index in [0.29, 0.717) is 32.0 Å². The number of carbonyl (C=O) groups excluding carboxylic acids is 2. The van der Waals surface area contributed by atoms with Crippen molar-refractivity contribution >= 4 is 17.6 Å². The van der Waals surface area contributed by atoms with Crippen LogP contribution in [-0.2, 0) is 11.3 Å². The third-order valence-electron chi connectivity index (χ3n) is 3.55. The van der Waals surface area contributed by atoms with Crippen molar-refractivity contribution in [2.75, 3.05) is 18.4 Å². The summed E-state index contributed by atoms with van der Waals surface area (Å²) in [7, 11) is 0. The largest absolute Gasteiger partial charge is 0.336 e. The van der Waals surface area contributed by atoms with Gasteiger partial charge in [-0.05, 0) is 24.0 Å². The Morgan fingerprint density at radius 3 is 2.81 bits per heavy atom. The van der Waals surface area contributed by atoms with Crippen LogP contribution in [0, 0.1) is 5.92 Å². The van der Waals surface area contributed by atoms with Crippen LogP contribution < -0.4 is 10.6 Å². The normalized spacial score (nSPS) is 14.4. The Labute approximate surface area is 125 Å². The number of anilines is 1. The van der Waals surface area contributed by atoms with E-state index in [2.05, 4.69) is 24.5 Å². The first-order chi connectivity index (χ1) is 10.1. The lowest BCUT2D eigenvalue weighted by molar-refractivity contribution is -0.116. The molecule has 2 N–H and O–H groups in total. The summed E-state index contributed by atoms with van der Waals surface area (Å²) in [5.74, 6) is 0.543. The van der Waals surface area contributed by atoms with Crippen LogP contribution in [0.1, 0.15) is 32.3 Å². The fraction of sp³-hybridized carbons (Fsp3) is 0.500. The number of nitrogens with zero attached hydrogens (tertiary/aromatic N) is 1. The lowest BCUT2D eigenvalue weighted by Gasteiger charge is -2.17. The lowest BCUT2D eigenvalue weighted by atomic mass is 10.1. The lowest BCUT2D eigenvalue weighted by Crippen LogP contribution is -2.28. The molecule has 0 aromatic heterocycles. The van der Waals surface area contributed by atoms with Crippen molar-refractivity contribution in [2.24, 2.45) is 5.92 Å². The SMILES string of the molecule is CC(C)CCC(=O)Nc1ccccc1CN1CCNC1=O. The molecule has 3 amide bonds. The number of hydrogen-bond acceptors (Lipinski definition) is 2. The molecule has 0 unspecified atom stereocenters. The zero-order chi connectivity index (χ0) is 15.2. The third kappa shape index (κ3) is 4.48. The molecule has 1 aromatic rings. The summed E-state index contributed by atoms with van der Waals surface area (Å²) in [6.45, 7) is 6.11. The van der Waals surface area contributed by atoms with E-state index in [1.807, 2.05) is 24.3 Å². The highest BCUT2D eigenvalue weighted by Gasteiger charge is 2.20. The van der Waals surface area contributed by atoms with Crippen LogP contribution in [0.15, 0.2) is 24.3 Å². The molecule has 1 aromatic carbocycles. The molecule has 0 aliphatic carbocycles. The van der Waals surface area contributed by atoms with E-state index in [0.717, 1.165) is 17.7 Å². The van der Waals surface area contributed by atoms with Gasteiger partial charge in [0, 0.05) is 31.7 Å². The van der Waals surface area contributed by atoms with Gasteiger partial charge in [0.1, 0.15) is 0 Å². The van der Waals surface area contributed by atoms with Crippen LogP contribution in [0.5, 0.6) is 0 Å².